The van der Waals surface area contributed by atoms with Gasteiger partial charge in [0.15, 0.2) is 11.6 Å². The van der Waals surface area contributed by atoms with Crippen LogP contribution in [0.5, 0.6) is 0 Å². The Morgan fingerprint density at radius 1 is 1.42 bits per heavy atom. The molecule has 0 aliphatic carbocycles. The lowest BCUT2D eigenvalue weighted by atomic mass is 10.2. The fourth-order valence-electron chi connectivity index (χ4n) is 1.56. The van der Waals surface area contributed by atoms with Crippen LogP contribution in [0.4, 0.5) is 15.9 Å². The predicted molar refractivity (Wildman–Crippen MR) is 75.4 cm³/mol. The molecule has 0 aliphatic heterocycles. The van der Waals surface area contributed by atoms with Crippen LogP contribution in [0.1, 0.15) is 15.9 Å². The Balaban J connectivity index is 2.31. The number of nitrogens with zero attached hydrogens (tertiary/aromatic N) is 1. The fourth-order valence-corrected chi connectivity index (χ4v) is 1.91. The van der Waals surface area contributed by atoms with Crippen molar-refractivity contribution in [3.8, 4) is 0 Å². The Morgan fingerprint density at radius 3 is 2.89 bits per heavy atom. The molecule has 3 N–H and O–H groups in total. The summed E-state index contributed by atoms with van der Waals surface area (Å²) in [6.07, 6.45) is 1.29. The van der Waals surface area contributed by atoms with E-state index in [9.17, 15) is 9.18 Å². The Kier molecular flexibility index (Phi) is 3.80. The number of pyridine rings is 1. The summed E-state index contributed by atoms with van der Waals surface area (Å²) >= 11 is 3.32. The average Bonchev–Trinajstić information content (AvgIpc) is 2.37. The molecule has 2 rings (SSSR count). The maximum Gasteiger partial charge on any atom is 0.258 e. The van der Waals surface area contributed by atoms with Gasteiger partial charge < -0.3 is 11.1 Å². The van der Waals surface area contributed by atoms with Crippen LogP contribution in [-0.2, 0) is 0 Å². The molecule has 0 atom stereocenters. The number of rotatable bonds is 2. The molecule has 0 aliphatic rings. The lowest BCUT2D eigenvalue weighted by Crippen LogP contribution is -2.15. The maximum atomic E-state index is 13.7. The smallest absolute Gasteiger partial charge is 0.258 e. The van der Waals surface area contributed by atoms with Crippen LogP contribution in [0.15, 0.2) is 34.9 Å². The molecule has 0 saturated heterocycles. The number of amides is 1. The van der Waals surface area contributed by atoms with Gasteiger partial charge in [-0.2, -0.15) is 0 Å². The first kappa shape index (κ1) is 13.5. The zero-order chi connectivity index (χ0) is 14.0. The van der Waals surface area contributed by atoms with Crippen LogP contribution in [-0.4, -0.2) is 10.9 Å². The van der Waals surface area contributed by atoms with Crippen LogP contribution in [0.25, 0.3) is 0 Å². The minimum absolute atomic E-state index is 0.138. The summed E-state index contributed by atoms with van der Waals surface area (Å²) in [5.41, 5.74) is 6.74. The summed E-state index contributed by atoms with van der Waals surface area (Å²) < 4.78 is 14.4. The largest absolute Gasteiger partial charge is 0.381 e. The molecule has 1 amide bonds. The van der Waals surface area contributed by atoms with E-state index >= 15 is 0 Å². The summed E-state index contributed by atoms with van der Waals surface area (Å²) in [6, 6.07) is 6.77. The van der Waals surface area contributed by atoms with Crippen molar-refractivity contribution in [2.75, 3.05) is 11.1 Å². The first-order chi connectivity index (χ1) is 8.99. The number of nitrogen functional groups attached to an aromatic ring is 1. The molecule has 0 bridgehead atoms. The van der Waals surface area contributed by atoms with E-state index in [4.69, 9.17) is 5.73 Å². The number of carbonyl (C=O) groups is 1. The van der Waals surface area contributed by atoms with Crippen molar-refractivity contribution >= 4 is 33.3 Å². The van der Waals surface area contributed by atoms with Crippen molar-refractivity contribution < 1.29 is 9.18 Å². The molecular formula is C13H11BrFN3O. The van der Waals surface area contributed by atoms with E-state index in [0.29, 0.717) is 10.2 Å². The van der Waals surface area contributed by atoms with Gasteiger partial charge in [-0.25, -0.2) is 9.37 Å². The van der Waals surface area contributed by atoms with E-state index in [1.165, 1.54) is 12.3 Å². The highest BCUT2D eigenvalue weighted by Crippen LogP contribution is 2.24. The third-order valence-electron chi connectivity index (χ3n) is 2.53. The molecule has 98 valence electrons. The van der Waals surface area contributed by atoms with Gasteiger partial charge >= 0.3 is 0 Å². The Morgan fingerprint density at radius 2 is 2.16 bits per heavy atom. The molecule has 1 aromatic carbocycles. The van der Waals surface area contributed by atoms with Crippen molar-refractivity contribution in [1.29, 1.82) is 0 Å². The van der Waals surface area contributed by atoms with Gasteiger partial charge in [-0.15, -0.1) is 0 Å². The molecule has 1 heterocycles. The second-order valence-corrected chi connectivity index (χ2v) is 4.85. The molecule has 19 heavy (non-hydrogen) atoms. The van der Waals surface area contributed by atoms with Crippen molar-refractivity contribution in [2.24, 2.45) is 0 Å². The van der Waals surface area contributed by atoms with Gasteiger partial charge in [0.25, 0.3) is 5.91 Å². The minimum atomic E-state index is -0.816. The summed E-state index contributed by atoms with van der Waals surface area (Å²) in [5.74, 6) is -1.68. The van der Waals surface area contributed by atoms with Gasteiger partial charge in [0.1, 0.15) is 0 Å². The lowest BCUT2D eigenvalue weighted by Gasteiger charge is -2.09. The third kappa shape index (κ3) is 2.90. The molecule has 0 spiro atoms. The lowest BCUT2D eigenvalue weighted by molar-refractivity contribution is 0.102. The number of hydrogen-bond acceptors (Lipinski definition) is 3. The number of benzene rings is 1. The van der Waals surface area contributed by atoms with E-state index in [1.807, 2.05) is 19.1 Å². The SMILES string of the molecule is Cc1ccc(Br)c(NC(=O)c2ccnc(N)c2F)c1. The Bertz CT molecular complexity index is 646. The second kappa shape index (κ2) is 5.36. The zero-order valence-electron chi connectivity index (χ0n) is 10.1. The normalized spacial score (nSPS) is 10.3. The van der Waals surface area contributed by atoms with E-state index in [0.717, 1.165) is 5.56 Å². The number of halogens is 2. The predicted octanol–water partition coefficient (Wildman–Crippen LogP) is 3.13. The number of nitrogens with two attached hydrogens (primary N) is 1. The van der Waals surface area contributed by atoms with Crippen molar-refractivity contribution in [3.05, 3.63) is 51.9 Å². The van der Waals surface area contributed by atoms with Gasteiger partial charge in [0.05, 0.1) is 11.3 Å². The minimum Gasteiger partial charge on any atom is -0.381 e. The number of carbonyl (C=O) groups excluding carboxylic acids is 1. The molecule has 0 radical (unpaired) electrons. The van der Waals surface area contributed by atoms with Crippen LogP contribution < -0.4 is 11.1 Å². The standard InChI is InChI=1S/C13H11BrFN3O/c1-7-2-3-9(14)10(6-7)18-13(19)8-4-5-17-12(16)11(8)15/h2-6H,1H3,(H2,16,17)(H,18,19). The van der Waals surface area contributed by atoms with Gasteiger partial charge in [-0.3, -0.25) is 4.79 Å². The number of aromatic nitrogens is 1. The van der Waals surface area contributed by atoms with Gasteiger partial charge in [0, 0.05) is 10.7 Å². The van der Waals surface area contributed by atoms with E-state index in [-0.39, 0.29) is 11.4 Å². The summed E-state index contributed by atoms with van der Waals surface area (Å²) in [7, 11) is 0. The highest BCUT2D eigenvalue weighted by atomic mass is 79.9. The Hall–Kier alpha value is -1.95. The highest BCUT2D eigenvalue weighted by molar-refractivity contribution is 9.10. The van der Waals surface area contributed by atoms with Gasteiger partial charge in [0.2, 0.25) is 0 Å². The number of nitrogens with one attached hydrogen (secondary N) is 1. The first-order valence-electron chi connectivity index (χ1n) is 5.46. The second-order valence-electron chi connectivity index (χ2n) is 4.00. The summed E-state index contributed by atoms with van der Waals surface area (Å²) in [4.78, 5) is 15.6. The van der Waals surface area contributed by atoms with Crippen molar-refractivity contribution in [2.45, 2.75) is 6.92 Å². The third-order valence-corrected chi connectivity index (χ3v) is 3.22. The average molecular weight is 324 g/mol. The van der Waals surface area contributed by atoms with Gasteiger partial charge in [-0.1, -0.05) is 6.07 Å². The van der Waals surface area contributed by atoms with Crippen LogP contribution in [0.2, 0.25) is 0 Å². The summed E-state index contributed by atoms with van der Waals surface area (Å²) in [6.45, 7) is 1.90. The molecular weight excluding hydrogens is 313 g/mol. The van der Waals surface area contributed by atoms with Crippen LogP contribution in [0.3, 0.4) is 0 Å². The summed E-state index contributed by atoms with van der Waals surface area (Å²) in [5, 5.41) is 2.63. The van der Waals surface area contributed by atoms with Gasteiger partial charge in [-0.05, 0) is 46.6 Å². The highest BCUT2D eigenvalue weighted by Gasteiger charge is 2.15. The number of anilines is 2. The fraction of sp³-hybridized carbons (Fsp3) is 0.0769. The molecule has 1 aromatic heterocycles. The van der Waals surface area contributed by atoms with E-state index < -0.39 is 11.7 Å². The molecule has 0 saturated carbocycles. The zero-order valence-corrected chi connectivity index (χ0v) is 11.7. The maximum absolute atomic E-state index is 13.7. The molecule has 4 nitrogen and oxygen atoms in total. The molecule has 0 unspecified atom stereocenters. The molecule has 0 fully saturated rings. The quantitative estimate of drug-likeness (QED) is 0.892. The number of hydrogen-bond donors (Lipinski definition) is 2. The monoisotopic (exact) mass is 323 g/mol. The van der Waals surface area contributed by atoms with Crippen LogP contribution in [0, 0.1) is 12.7 Å². The van der Waals surface area contributed by atoms with E-state index in [2.05, 4.69) is 26.2 Å². The van der Waals surface area contributed by atoms with Crippen LogP contribution >= 0.6 is 15.9 Å². The van der Waals surface area contributed by atoms with E-state index in [1.54, 1.807) is 6.07 Å². The van der Waals surface area contributed by atoms with Crippen molar-refractivity contribution in [3.63, 3.8) is 0 Å². The number of aryl methyl sites for hydroxylation is 1. The topological polar surface area (TPSA) is 68.0 Å². The first-order valence-corrected chi connectivity index (χ1v) is 6.26. The molecule has 6 heteroatoms. The Labute approximate surface area is 118 Å². The van der Waals surface area contributed by atoms with Crippen molar-refractivity contribution in [1.82, 2.24) is 4.98 Å². The molecule has 2 aromatic rings.